The maximum atomic E-state index is 12.3. The van der Waals surface area contributed by atoms with Crippen molar-refractivity contribution >= 4 is 15.9 Å². The number of carbonyl (C=O) groups is 1. The highest BCUT2D eigenvalue weighted by Crippen LogP contribution is 2.20. The maximum Gasteiger partial charge on any atom is 0.252 e. The molecule has 0 saturated heterocycles. The van der Waals surface area contributed by atoms with E-state index in [2.05, 4.69) is 10.4 Å². The number of nitrogens with zero attached hydrogens (tertiary/aromatic N) is 3. The maximum absolute atomic E-state index is 12.3. The van der Waals surface area contributed by atoms with Crippen molar-refractivity contribution in [1.29, 1.82) is 0 Å². The molecule has 8 nitrogen and oxygen atoms in total. The Morgan fingerprint density at radius 3 is 2.85 bits per heavy atom. The molecule has 1 aliphatic heterocycles. The summed E-state index contributed by atoms with van der Waals surface area (Å²) in [7, 11) is -3.25. The molecule has 0 atom stereocenters. The van der Waals surface area contributed by atoms with E-state index in [1.54, 1.807) is 23.7 Å². The molecule has 26 heavy (non-hydrogen) atoms. The largest absolute Gasteiger partial charge is 0.508 e. The highest BCUT2D eigenvalue weighted by molar-refractivity contribution is 7.88. The topological polar surface area (TPSA) is 105 Å². The van der Waals surface area contributed by atoms with Crippen molar-refractivity contribution in [3.63, 3.8) is 0 Å². The number of sulfonamides is 1. The molecule has 0 bridgehead atoms. The summed E-state index contributed by atoms with van der Waals surface area (Å²) >= 11 is 0. The van der Waals surface area contributed by atoms with Gasteiger partial charge in [-0.1, -0.05) is 6.07 Å². The van der Waals surface area contributed by atoms with Crippen LogP contribution in [0.2, 0.25) is 0 Å². The zero-order chi connectivity index (χ0) is 18.9. The second-order valence-corrected chi connectivity index (χ2v) is 8.42. The molecule has 0 aliphatic carbocycles. The van der Waals surface area contributed by atoms with Crippen molar-refractivity contribution in [3.8, 4) is 5.75 Å². The van der Waals surface area contributed by atoms with Gasteiger partial charge in [-0.3, -0.25) is 9.48 Å². The summed E-state index contributed by atoms with van der Waals surface area (Å²) in [6.07, 6.45) is 1.90. The molecule has 1 aliphatic rings. The number of carbonyl (C=O) groups excluding carboxylic acids is 1. The molecule has 140 valence electrons. The molecule has 0 fully saturated rings. The Morgan fingerprint density at radius 1 is 1.35 bits per heavy atom. The molecular formula is C17H22N4O4S. The monoisotopic (exact) mass is 378 g/mol. The van der Waals surface area contributed by atoms with Gasteiger partial charge in [0.25, 0.3) is 5.91 Å². The fourth-order valence-corrected chi connectivity index (χ4v) is 3.82. The third-order valence-electron chi connectivity index (χ3n) is 4.48. The number of rotatable bonds is 4. The number of hydrogen-bond acceptors (Lipinski definition) is 5. The van der Waals surface area contributed by atoms with Crippen LogP contribution in [0.5, 0.6) is 5.75 Å². The molecule has 0 spiro atoms. The first-order chi connectivity index (χ1) is 12.3. The molecular weight excluding hydrogens is 356 g/mol. The average molecular weight is 378 g/mol. The quantitative estimate of drug-likeness (QED) is 0.826. The molecule has 1 amide bonds. The van der Waals surface area contributed by atoms with Crippen molar-refractivity contribution < 1.29 is 18.3 Å². The summed E-state index contributed by atoms with van der Waals surface area (Å²) in [6.45, 7) is 3.31. The van der Waals surface area contributed by atoms with E-state index < -0.39 is 10.0 Å². The standard InChI is InChI=1S/C17H22N4O4S/c1-12-15(5-3-6-16(12)22)17(23)18-10-13-9-14-11-20(26(2,24)25)7-4-8-21(14)19-13/h3,5-6,9,22H,4,7-8,10-11H2,1-2H3,(H,18,23). The molecule has 0 unspecified atom stereocenters. The van der Waals surface area contributed by atoms with Crippen molar-refractivity contribution in [3.05, 3.63) is 46.8 Å². The first-order valence-electron chi connectivity index (χ1n) is 8.33. The van der Waals surface area contributed by atoms with Crippen molar-refractivity contribution in [2.45, 2.75) is 33.0 Å². The Labute approximate surface area is 152 Å². The number of phenols is 1. The lowest BCUT2D eigenvalue weighted by molar-refractivity contribution is 0.0949. The van der Waals surface area contributed by atoms with Gasteiger partial charge in [-0.2, -0.15) is 9.40 Å². The minimum absolute atomic E-state index is 0.0761. The first-order valence-corrected chi connectivity index (χ1v) is 10.2. The van der Waals surface area contributed by atoms with Crippen LogP contribution >= 0.6 is 0 Å². The molecule has 0 radical (unpaired) electrons. The molecule has 1 aromatic carbocycles. The highest BCUT2D eigenvalue weighted by Gasteiger charge is 2.23. The Kier molecular flexibility index (Phi) is 5.01. The van der Waals surface area contributed by atoms with Gasteiger partial charge in [0.2, 0.25) is 10.0 Å². The number of amides is 1. The van der Waals surface area contributed by atoms with E-state index in [-0.39, 0.29) is 24.7 Å². The molecule has 2 aromatic rings. The van der Waals surface area contributed by atoms with Gasteiger partial charge >= 0.3 is 0 Å². The molecule has 3 rings (SSSR count). The third kappa shape index (κ3) is 3.88. The predicted octanol–water partition coefficient (Wildman–Crippen LogP) is 0.992. The molecule has 1 aromatic heterocycles. The van der Waals surface area contributed by atoms with E-state index in [1.807, 2.05) is 6.07 Å². The van der Waals surface area contributed by atoms with Crippen LogP contribution < -0.4 is 5.32 Å². The second-order valence-electron chi connectivity index (χ2n) is 6.43. The predicted molar refractivity (Wildman–Crippen MR) is 96.1 cm³/mol. The van der Waals surface area contributed by atoms with Gasteiger partial charge in [0, 0.05) is 24.2 Å². The number of aromatic nitrogens is 2. The van der Waals surface area contributed by atoms with Crippen LogP contribution in [-0.4, -0.2) is 46.3 Å². The average Bonchev–Trinajstić information content (AvgIpc) is 2.84. The lowest BCUT2D eigenvalue weighted by Gasteiger charge is -2.16. The normalized spacial score (nSPS) is 15.3. The summed E-state index contributed by atoms with van der Waals surface area (Å²) in [5.74, 6) is -0.216. The minimum atomic E-state index is -3.25. The van der Waals surface area contributed by atoms with Crippen LogP contribution in [0.25, 0.3) is 0 Å². The van der Waals surface area contributed by atoms with Crippen LogP contribution in [0.3, 0.4) is 0 Å². The molecule has 9 heteroatoms. The van der Waals surface area contributed by atoms with Crippen LogP contribution in [0.4, 0.5) is 0 Å². The van der Waals surface area contributed by atoms with Gasteiger partial charge < -0.3 is 10.4 Å². The highest BCUT2D eigenvalue weighted by atomic mass is 32.2. The fraction of sp³-hybridized carbons (Fsp3) is 0.412. The van der Waals surface area contributed by atoms with Crippen molar-refractivity contribution in [2.75, 3.05) is 12.8 Å². The number of fused-ring (bicyclic) bond motifs is 1. The number of hydrogen-bond donors (Lipinski definition) is 2. The van der Waals surface area contributed by atoms with E-state index >= 15 is 0 Å². The first kappa shape index (κ1) is 18.4. The number of phenolic OH excluding ortho intramolecular Hbond substituents is 1. The van der Waals surface area contributed by atoms with E-state index in [0.29, 0.717) is 36.3 Å². The van der Waals surface area contributed by atoms with Gasteiger partial charge in [0.1, 0.15) is 5.75 Å². The molecule has 0 saturated carbocycles. The molecule has 2 N–H and O–H groups in total. The van der Waals surface area contributed by atoms with Crippen LogP contribution in [0, 0.1) is 6.92 Å². The van der Waals surface area contributed by atoms with Gasteiger partial charge in [-0.05, 0) is 31.5 Å². The second kappa shape index (κ2) is 7.08. The zero-order valence-corrected chi connectivity index (χ0v) is 15.6. The van der Waals surface area contributed by atoms with E-state index in [9.17, 15) is 18.3 Å². The van der Waals surface area contributed by atoms with E-state index in [4.69, 9.17) is 0 Å². The fourth-order valence-electron chi connectivity index (χ4n) is 3.00. The number of benzene rings is 1. The van der Waals surface area contributed by atoms with E-state index in [1.165, 1.54) is 16.6 Å². The van der Waals surface area contributed by atoms with Gasteiger partial charge in [0.05, 0.1) is 30.7 Å². The van der Waals surface area contributed by atoms with Crippen LogP contribution in [0.15, 0.2) is 24.3 Å². The third-order valence-corrected chi connectivity index (χ3v) is 5.73. The minimum Gasteiger partial charge on any atom is -0.508 e. The zero-order valence-electron chi connectivity index (χ0n) is 14.8. The number of aromatic hydroxyl groups is 1. The molecule has 2 heterocycles. The Balaban J connectivity index is 1.71. The van der Waals surface area contributed by atoms with Gasteiger partial charge in [-0.15, -0.1) is 0 Å². The Hall–Kier alpha value is -2.39. The van der Waals surface area contributed by atoms with Crippen molar-refractivity contribution in [1.82, 2.24) is 19.4 Å². The Morgan fingerprint density at radius 2 is 2.12 bits per heavy atom. The lowest BCUT2D eigenvalue weighted by Crippen LogP contribution is -2.29. The Bertz CT molecular complexity index is 936. The summed E-state index contributed by atoms with van der Waals surface area (Å²) in [5.41, 5.74) is 2.41. The lowest BCUT2D eigenvalue weighted by atomic mass is 10.1. The van der Waals surface area contributed by atoms with Crippen molar-refractivity contribution in [2.24, 2.45) is 0 Å². The smallest absolute Gasteiger partial charge is 0.252 e. The summed E-state index contributed by atoms with van der Waals surface area (Å²) in [4.78, 5) is 12.3. The summed E-state index contributed by atoms with van der Waals surface area (Å²) < 4.78 is 26.8. The van der Waals surface area contributed by atoms with Gasteiger partial charge in [-0.25, -0.2) is 8.42 Å². The van der Waals surface area contributed by atoms with E-state index in [0.717, 1.165) is 5.69 Å². The summed E-state index contributed by atoms with van der Waals surface area (Å²) in [5, 5.41) is 17.0. The van der Waals surface area contributed by atoms with Gasteiger partial charge in [0.15, 0.2) is 0 Å². The van der Waals surface area contributed by atoms with Crippen LogP contribution in [-0.2, 0) is 29.7 Å². The van der Waals surface area contributed by atoms with Crippen LogP contribution in [0.1, 0.15) is 33.7 Å². The number of aryl methyl sites for hydroxylation is 1. The SMILES string of the molecule is Cc1c(O)cccc1C(=O)NCc1cc2n(n1)CCCN(S(C)(=O)=O)C2. The summed E-state index contributed by atoms with van der Waals surface area (Å²) in [6, 6.07) is 6.62. The number of nitrogens with one attached hydrogen (secondary N) is 1.